The topological polar surface area (TPSA) is 51.4 Å². The van der Waals surface area contributed by atoms with Gasteiger partial charge < -0.3 is 14.2 Å². The molecule has 2 spiro atoms. The van der Waals surface area contributed by atoms with Gasteiger partial charge in [-0.2, -0.15) is 0 Å². The number of rotatable bonds is 0. The number of hydrogen-bond acceptors (Lipinski definition) is 4. The fourth-order valence-corrected chi connectivity index (χ4v) is 4.99. The zero-order valence-electron chi connectivity index (χ0n) is 10.9. The van der Waals surface area contributed by atoms with E-state index in [1.165, 1.54) is 0 Å². The maximum Gasteiger partial charge on any atom is 0.334 e. The lowest BCUT2D eigenvalue weighted by Crippen LogP contribution is -2.40. The highest BCUT2D eigenvalue weighted by molar-refractivity contribution is 5.90. The van der Waals surface area contributed by atoms with Crippen LogP contribution in [0, 0.1) is 17.8 Å². The first-order chi connectivity index (χ1) is 9.15. The van der Waals surface area contributed by atoms with Gasteiger partial charge in [-0.1, -0.05) is 6.58 Å². The molecule has 4 nitrogen and oxygen atoms in total. The van der Waals surface area contributed by atoms with Crippen LogP contribution in [0.25, 0.3) is 0 Å². The minimum absolute atomic E-state index is 0.0121. The van der Waals surface area contributed by atoms with Gasteiger partial charge >= 0.3 is 5.97 Å². The third-order valence-electron chi connectivity index (χ3n) is 6.21. The third kappa shape index (κ3) is 1.20. The molecule has 19 heavy (non-hydrogen) atoms. The van der Waals surface area contributed by atoms with Crippen molar-refractivity contribution in [1.82, 2.24) is 0 Å². The Kier molecular flexibility index (Phi) is 1.75. The maximum atomic E-state index is 11.9. The van der Waals surface area contributed by atoms with Gasteiger partial charge in [0.25, 0.3) is 0 Å². The predicted molar refractivity (Wildman–Crippen MR) is 65.3 cm³/mol. The summed E-state index contributed by atoms with van der Waals surface area (Å²) in [4.78, 5) is 11.9. The van der Waals surface area contributed by atoms with Gasteiger partial charge in [0.15, 0.2) is 0 Å². The number of esters is 1. The molecule has 2 aliphatic carbocycles. The Labute approximate surface area is 112 Å². The first-order valence-electron chi connectivity index (χ1n) is 7.33. The molecule has 0 unspecified atom stereocenters. The van der Waals surface area contributed by atoms with E-state index in [1.54, 1.807) is 0 Å². The van der Waals surface area contributed by atoms with Crippen LogP contribution in [0.15, 0.2) is 12.2 Å². The second kappa shape index (κ2) is 3.07. The third-order valence-corrected chi connectivity index (χ3v) is 6.21. The molecule has 102 valence electrons. The number of carbonyl (C=O) groups excluding carboxylic acids is 1. The van der Waals surface area contributed by atoms with E-state index in [4.69, 9.17) is 14.2 Å². The van der Waals surface area contributed by atoms with Crippen molar-refractivity contribution < 1.29 is 19.0 Å². The Morgan fingerprint density at radius 3 is 2.47 bits per heavy atom. The number of hydrogen-bond donors (Lipinski definition) is 0. The lowest BCUT2D eigenvalue weighted by Gasteiger charge is -2.29. The summed E-state index contributed by atoms with van der Waals surface area (Å²) in [7, 11) is 0. The molecule has 5 rings (SSSR count). The molecule has 0 aromatic rings. The summed E-state index contributed by atoms with van der Waals surface area (Å²) >= 11 is 0. The highest BCUT2D eigenvalue weighted by Crippen LogP contribution is 2.64. The highest BCUT2D eigenvalue weighted by Gasteiger charge is 2.71. The average molecular weight is 262 g/mol. The van der Waals surface area contributed by atoms with Gasteiger partial charge in [0.05, 0.1) is 24.4 Å². The zero-order chi connectivity index (χ0) is 12.8. The number of fused-ring (bicyclic) bond motifs is 5. The molecule has 0 bridgehead atoms. The van der Waals surface area contributed by atoms with Gasteiger partial charge in [0.1, 0.15) is 6.10 Å². The van der Waals surface area contributed by atoms with Crippen LogP contribution in [0.4, 0.5) is 0 Å². The molecule has 0 aromatic heterocycles. The monoisotopic (exact) mass is 262 g/mol. The molecule has 0 N–H and O–H groups in total. The van der Waals surface area contributed by atoms with Crippen molar-refractivity contribution in [2.75, 3.05) is 13.2 Å². The van der Waals surface area contributed by atoms with Crippen molar-refractivity contribution in [3.05, 3.63) is 12.2 Å². The lowest BCUT2D eigenvalue weighted by molar-refractivity contribution is -0.143. The van der Waals surface area contributed by atoms with E-state index in [2.05, 4.69) is 6.58 Å². The second-order valence-corrected chi connectivity index (χ2v) is 6.92. The molecular formula is C15H18O4. The van der Waals surface area contributed by atoms with E-state index in [0.717, 1.165) is 38.9 Å². The molecule has 4 heteroatoms. The molecule has 2 saturated carbocycles. The van der Waals surface area contributed by atoms with Crippen molar-refractivity contribution in [3.63, 3.8) is 0 Å². The highest BCUT2D eigenvalue weighted by atomic mass is 16.6. The summed E-state index contributed by atoms with van der Waals surface area (Å²) in [5.74, 6) is 0.821. The van der Waals surface area contributed by atoms with Crippen molar-refractivity contribution in [3.8, 4) is 0 Å². The van der Waals surface area contributed by atoms with E-state index >= 15 is 0 Å². The fourth-order valence-electron chi connectivity index (χ4n) is 4.99. The first kappa shape index (κ1) is 10.9. The Morgan fingerprint density at radius 2 is 1.79 bits per heavy atom. The molecule has 6 atom stereocenters. The van der Waals surface area contributed by atoms with E-state index in [-0.39, 0.29) is 29.2 Å². The van der Waals surface area contributed by atoms with Crippen LogP contribution >= 0.6 is 0 Å². The van der Waals surface area contributed by atoms with E-state index in [0.29, 0.717) is 17.4 Å². The van der Waals surface area contributed by atoms with Crippen LogP contribution in [-0.2, 0) is 19.0 Å². The van der Waals surface area contributed by atoms with Gasteiger partial charge in [-0.15, -0.1) is 0 Å². The molecule has 5 fully saturated rings. The van der Waals surface area contributed by atoms with E-state index < -0.39 is 0 Å². The molecular weight excluding hydrogens is 244 g/mol. The Hall–Kier alpha value is -0.870. The van der Waals surface area contributed by atoms with Crippen LogP contribution in [0.3, 0.4) is 0 Å². The van der Waals surface area contributed by atoms with Gasteiger partial charge in [0, 0.05) is 17.4 Å². The van der Waals surface area contributed by atoms with Crippen molar-refractivity contribution in [2.45, 2.75) is 43.0 Å². The van der Waals surface area contributed by atoms with Crippen molar-refractivity contribution in [2.24, 2.45) is 17.8 Å². The first-order valence-corrected chi connectivity index (χ1v) is 7.33. The summed E-state index contributed by atoms with van der Waals surface area (Å²) in [5, 5.41) is 0. The largest absolute Gasteiger partial charge is 0.458 e. The number of carbonyl (C=O) groups is 1. The number of epoxide rings is 2. The second-order valence-electron chi connectivity index (χ2n) is 6.92. The summed E-state index contributed by atoms with van der Waals surface area (Å²) < 4.78 is 17.4. The predicted octanol–water partition coefficient (Wildman–Crippen LogP) is 1.44. The Morgan fingerprint density at radius 1 is 1.11 bits per heavy atom. The SMILES string of the molecule is C=C1C(=O)O[C@@H]2[C@@H]3[C@@H](CC[C@]34CO4)[C@@]3(CC[C@@H]12)CO3. The standard InChI is InChI=1S/C15H18O4/c1-8-9-2-4-14(6-17-14)10-3-5-15(7-18-15)11(10)12(9)19-13(8)16/h9-12H,1-7H2/t9-,10+,11-,12-,14+,15-/m0/s1. The summed E-state index contributed by atoms with van der Waals surface area (Å²) in [6.45, 7) is 5.67. The van der Waals surface area contributed by atoms with Gasteiger partial charge in [-0.25, -0.2) is 4.79 Å². The molecule has 3 heterocycles. The van der Waals surface area contributed by atoms with E-state index in [1.807, 2.05) is 0 Å². The van der Waals surface area contributed by atoms with Crippen molar-refractivity contribution in [1.29, 1.82) is 0 Å². The fraction of sp³-hybridized carbons (Fsp3) is 0.800. The normalized spacial score (nSPS) is 57.9. The number of ether oxygens (including phenoxy) is 3. The van der Waals surface area contributed by atoms with Crippen molar-refractivity contribution >= 4 is 5.97 Å². The zero-order valence-corrected chi connectivity index (χ0v) is 10.9. The van der Waals surface area contributed by atoms with Crippen LogP contribution in [0.2, 0.25) is 0 Å². The van der Waals surface area contributed by atoms with Gasteiger partial charge in [-0.3, -0.25) is 0 Å². The Balaban J connectivity index is 1.60. The smallest absolute Gasteiger partial charge is 0.334 e. The maximum absolute atomic E-state index is 11.9. The summed E-state index contributed by atoms with van der Waals surface area (Å²) in [6, 6.07) is 0. The quantitative estimate of drug-likeness (QED) is 0.376. The minimum Gasteiger partial charge on any atom is -0.458 e. The van der Waals surface area contributed by atoms with Crippen LogP contribution in [-0.4, -0.2) is 36.5 Å². The molecule has 0 radical (unpaired) electrons. The Bertz CT molecular complexity index is 488. The molecule has 0 amide bonds. The molecule has 0 aromatic carbocycles. The summed E-state index contributed by atoms with van der Waals surface area (Å²) in [5.41, 5.74) is 0.725. The summed E-state index contributed by atoms with van der Waals surface area (Å²) in [6.07, 6.45) is 4.25. The molecule has 5 aliphatic rings. The molecule has 3 saturated heterocycles. The van der Waals surface area contributed by atoms with Gasteiger partial charge in [-0.05, 0) is 31.6 Å². The lowest BCUT2D eigenvalue weighted by atomic mass is 9.77. The average Bonchev–Trinajstić information content (AvgIpc) is 3.26. The van der Waals surface area contributed by atoms with E-state index in [9.17, 15) is 4.79 Å². The van der Waals surface area contributed by atoms with Gasteiger partial charge in [0.2, 0.25) is 0 Å². The molecule has 3 aliphatic heterocycles. The minimum atomic E-state index is -0.191. The van der Waals surface area contributed by atoms with Crippen LogP contribution in [0.5, 0.6) is 0 Å². The van der Waals surface area contributed by atoms with Crippen LogP contribution in [0.1, 0.15) is 25.7 Å². The van der Waals surface area contributed by atoms with Crippen LogP contribution < -0.4 is 0 Å².